The number of anilines is 1. The van der Waals surface area contributed by atoms with E-state index in [0.717, 1.165) is 6.42 Å². The van der Waals surface area contributed by atoms with E-state index < -0.39 is 5.97 Å². The third kappa shape index (κ3) is 2.97. The first-order valence-corrected chi connectivity index (χ1v) is 5.76. The molecule has 1 atom stereocenters. The standard InChI is InChI=1S/C12H15N3O3/c1-18-12(17)8-4-5-13-10(6-8)14-7-9-2-3-11(16)15-9/h4-6,9H,2-3,7H2,1H3,(H,13,14)(H,15,16). The number of carbonyl (C=O) groups is 2. The van der Waals surface area contributed by atoms with Gasteiger partial charge in [-0.15, -0.1) is 0 Å². The molecule has 1 fully saturated rings. The largest absolute Gasteiger partial charge is 0.465 e. The third-order valence-corrected chi connectivity index (χ3v) is 2.80. The van der Waals surface area contributed by atoms with Gasteiger partial charge in [-0.05, 0) is 18.6 Å². The van der Waals surface area contributed by atoms with Crippen LogP contribution in [0.5, 0.6) is 0 Å². The van der Waals surface area contributed by atoms with E-state index in [-0.39, 0.29) is 11.9 Å². The van der Waals surface area contributed by atoms with Crippen molar-refractivity contribution in [2.24, 2.45) is 0 Å². The maximum absolute atomic E-state index is 11.3. The Morgan fingerprint density at radius 3 is 3.17 bits per heavy atom. The Hall–Kier alpha value is -2.11. The molecule has 1 aromatic rings. The third-order valence-electron chi connectivity index (χ3n) is 2.80. The van der Waals surface area contributed by atoms with Crippen molar-refractivity contribution in [1.29, 1.82) is 0 Å². The van der Waals surface area contributed by atoms with Crippen LogP contribution in [0.25, 0.3) is 0 Å². The van der Waals surface area contributed by atoms with Crippen molar-refractivity contribution >= 4 is 17.7 Å². The molecule has 0 spiro atoms. The van der Waals surface area contributed by atoms with Crippen LogP contribution >= 0.6 is 0 Å². The first kappa shape index (κ1) is 12.3. The zero-order valence-corrected chi connectivity index (χ0v) is 10.1. The normalized spacial score (nSPS) is 18.3. The van der Waals surface area contributed by atoms with E-state index in [0.29, 0.717) is 24.3 Å². The quantitative estimate of drug-likeness (QED) is 0.762. The smallest absolute Gasteiger partial charge is 0.338 e. The number of nitrogens with zero attached hydrogens (tertiary/aromatic N) is 1. The van der Waals surface area contributed by atoms with Gasteiger partial charge in [0, 0.05) is 25.2 Å². The van der Waals surface area contributed by atoms with Crippen molar-refractivity contribution in [1.82, 2.24) is 10.3 Å². The fraction of sp³-hybridized carbons (Fsp3) is 0.417. The van der Waals surface area contributed by atoms with Crippen LogP contribution in [0.1, 0.15) is 23.2 Å². The van der Waals surface area contributed by atoms with Crippen LogP contribution in [-0.4, -0.2) is 36.6 Å². The molecule has 0 radical (unpaired) electrons. The van der Waals surface area contributed by atoms with Gasteiger partial charge in [-0.1, -0.05) is 0 Å². The average molecular weight is 249 g/mol. The van der Waals surface area contributed by atoms with Gasteiger partial charge < -0.3 is 15.4 Å². The van der Waals surface area contributed by atoms with Gasteiger partial charge in [0.25, 0.3) is 0 Å². The summed E-state index contributed by atoms with van der Waals surface area (Å²) in [6.07, 6.45) is 2.94. The average Bonchev–Trinajstić information content (AvgIpc) is 2.81. The fourth-order valence-electron chi connectivity index (χ4n) is 1.83. The second-order valence-electron chi connectivity index (χ2n) is 4.11. The Morgan fingerprint density at radius 2 is 2.50 bits per heavy atom. The molecule has 2 heterocycles. The Morgan fingerprint density at radius 1 is 1.67 bits per heavy atom. The van der Waals surface area contributed by atoms with Gasteiger partial charge in [0.2, 0.25) is 5.91 Å². The Balaban J connectivity index is 1.93. The molecule has 96 valence electrons. The number of hydrogen-bond donors (Lipinski definition) is 2. The van der Waals surface area contributed by atoms with Crippen molar-refractivity contribution in [3.8, 4) is 0 Å². The summed E-state index contributed by atoms with van der Waals surface area (Å²) in [6.45, 7) is 0.601. The summed E-state index contributed by atoms with van der Waals surface area (Å²) in [5.74, 6) is 0.284. The summed E-state index contributed by atoms with van der Waals surface area (Å²) in [4.78, 5) is 26.5. The van der Waals surface area contributed by atoms with Crippen molar-refractivity contribution < 1.29 is 14.3 Å². The number of pyridine rings is 1. The molecule has 2 rings (SSSR count). The number of esters is 1. The van der Waals surface area contributed by atoms with E-state index in [1.54, 1.807) is 18.3 Å². The summed E-state index contributed by atoms with van der Waals surface area (Å²) in [7, 11) is 1.34. The lowest BCUT2D eigenvalue weighted by Crippen LogP contribution is -2.32. The summed E-state index contributed by atoms with van der Waals surface area (Å²) >= 11 is 0. The molecule has 6 heteroatoms. The number of carbonyl (C=O) groups excluding carboxylic acids is 2. The summed E-state index contributed by atoms with van der Waals surface area (Å²) in [5.41, 5.74) is 0.449. The molecule has 1 aliphatic rings. The highest BCUT2D eigenvalue weighted by atomic mass is 16.5. The van der Waals surface area contributed by atoms with Crippen LogP contribution in [0, 0.1) is 0 Å². The topological polar surface area (TPSA) is 80.3 Å². The van der Waals surface area contributed by atoms with Crippen LogP contribution in [0.15, 0.2) is 18.3 Å². The van der Waals surface area contributed by atoms with E-state index >= 15 is 0 Å². The van der Waals surface area contributed by atoms with Crippen molar-refractivity contribution in [3.63, 3.8) is 0 Å². The van der Waals surface area contributed by atoms with Gasteiger partial charge in [-0.2, -0.15) is 0 Å². The number of methoxy groups -OCH3 is 1. The van der Waals surface area contributed by atoms with Crippen molar-refractivity contribution in [2.45, 2.75) is 18.9 Å². The minimum absolute atomic E-state index is 0.0815. The first-order valence-electron chi connectivity index (χ1n) is 5.76. The number of hydrogen-bond acceptors (Lipinski definition) is 5. The highest BCUT2D eigenvalue weighted by molar-refractivity contribution is 5.90. The number of rotatable bonds is 4. The zero-order chi connectivity index (χ0) is 13.0. The van der Waals surface area contributed by atoms with Gasteiger partial charge in [0.05, 0.1) is 12.7 Å². The summed E-state index contributed by atoms with van der Waals surface area (Å²) in [6, 6.07) is 3.35. The molecule has 6 nitrogen and oxygen atoms in total. The highest BCUT2D eigenvalue weighted by Gasteiger charge is 2.20. The Labute approximate surface area is 105 Å². The number of nitrogens with one attached hydrogen (secondary N) is 2. The van der Waals surface area contributed by atoms with Gasteiger partial charge in [-0.3, -0.25) is 4.79 Å². The summed E-state index contributed by atoms with van der Waals surface area (Å²) in [5, 5.41) is 5.94. The number of amides is 1. The molecule has 0 aliphatic carbocycles. The van der Waals surface area contributed by atoms with E-state index in [1.165, 1.54) is 7.11 Å². The van der Waals surface area contributed by atoms with Crippen molar-refractivity contribution in [2.75, 3.05) is 19.0 Å². The van der Waals surface area contributed by atoms with Crippen LogP contribution < -0.4 is 10.6 Å². The second kappa shape index (κ2) is 5.48. The lowest BCUT2D eigenvalue weighted by atomic mass is 10.2. The highest BCUT2D eigenvalue weighted by Crippen LogP contribution is 2.10. The molecule has 1 aliphatic heterocycles. The number of ether oxygens (including phenoxy) is 1. The maximum Gasteiger partial charge on any atom is 0.338 e. The van der Waals surface area contributed by atoms with E-state index in [9.17, 15) is 9.59 Å². The predicted octanol–water partition coefficient (Wildman–Crippen LogP) is 0.559. The fourth-order valence-corrected chi connectivity index (χ4v) is 1.83. The Bertz CT molecular complexity index is 462. The van der Waals surface area contributed by atoms with Crippen LogP contribution in [0.3, 0.4) is 0 Å². The lowest BCUT2D eigenvalue weighted by molar-refractivity contribution is -0.119. The molecule has 1 aromatic heterocycles. The first-order chi connectivity index (χ1) is 8.69. The van der Waals surface area contributed by atoms with E-state index in [4.69, 9.17) is 0 Å². The summed E-state index contributed by atoms with van der Waals surface area (Å²) < 4.78 is 4.63. The Kier molecular flexibility index (Phi) is 3.76. The van der Waals surface area contributed by atoms with Gasteiger partial charge in [-0.25, -0.2) is 9.78 Å². The van der Waals surface area contributed by atoms with E-state index in [1.807, 2.05) is 0 Å². The minimum atomic E-state index is -0.394. The lowest BCUT2D eigenvalue weighted by Gasteiger charge is -2.12. The van der Waals surface area contributed by atoms with Crippen molar-refractivity contribution in [3.05, 3.63) is 23.9 Å². The molecular weight excluding hydrogens is 234 g/mol. The molecule has 0 aromatic carbocycles. The van der Waals surface area contributed by atoms with Crippen LogP contribution in [0.4, 0.5) is 5.82 Å². The molecule has 1 saturated heterocycles. The van der Waals surface area contributed by atoms with Gasteiger partial charge in [0.1, 0.15) is 5.82 Å². The molecule has 18 heavy (non-hydrogen) atoms. The predicted molar refractivity (Wildman–Crippen MR) is 65.2 cm³/mol. The molecular formula is C12H15N3O3. The molecule has 0 saturated carbocycles. The second-order valence-corrected chi connectivity index (χ2v) is 4.11. The molecule has 1 amide bonds. The molecule has 1 unspecified atom stereocenters. The van der Waals surface area contributed by atoms with Crippen LogP contribution in [0.2, 0.25) is 0 Å². The zero-order valence-electron chi connectivity index (χ0n) is 10.1. The molecule has 2 N–H and O–H groups in total. The monoisotopic (exact) mass is 249 g/mol. The minimum Gasteiger partial charge on any atom is -0.465 e. The molecule has 0 bridgehead atoms. The SMILES string of the molecule is COC(=O)c1ccnc(NCC2CCC(=O)N2)c1. The number of aromatic nitrogens is 1. The van der Waals surface area contributed by atoms with Crippen LogP contribution in [-0.2, 0) is 9.53 Å². The van der Waals surface area contributed by atoms with Gasteiger partial charge in [0.15, 0.2) is 0 Å². The van der Waals surface area contributed by atoms with E-state index in [2.05, 4.69) is 20.4 Å². The maximum atomic E-state index is 11.3. The van der Waals surface area contributed by atoms with Gasteiger partial charge >= 0.3 is 5.97 Å².